The average molecular weight is 428 g/mol. The van der Waals surface area contributed by atoms with E-state index in [2.05, 4.69) is 41.3 Å². The molecule has 160 valence electrons. The zero-order valence-corrected chi connectivity index (χ0v) is 18.4. The summed E-state index contributed by atoms with van der Waals surface area (Å²) in [5.41, 5.74) is 2.08. The van der Waals surface area contributed by atoms with Crippen molar-refractivity contribution in [1.29, 1.82) is 0 Å². The van der Waals surface area contributed by atoms with Gasteiger partial charge >= 0.3 is 0 Å². The first-order chi connectivity index (χ1) is 14.7. The fourth-order valence-electron chi connectivity index (χ4n) is 2.73. The van der Waals surface area contributed by atoms with Crippen LogP contribution in [-0.4, -0.2) is 54.7 Å². The monoisotopic (exact) mass is 427 g/mol. The van der Waals surface area contributed by atoms with Crippen LogP contribution in [0.1, 0.15) is 17.9 Å². The summed E-state index contributed by atoms with van der Waals surface area (Å²) in [4.78, 5) is 2.15. The summed E-state index contributed by atoms with van der Waals surface area (Å²) in [7, 11) is 4.12. The molecule has 0 atom stereocenters. The Labute approximate surface area is 182 Å². The van der Waals surface area contributed by atoms with Gasteiger partial charge in [0.2, 0.25) is 11.8 Å². The van der Waals surface area contributed by atoms with Gasteiger partial charge in [0, 0.05) is 17.9 Å². The first-order valence-corrected chi connectivity index (χ1v) is 11.3. The SMILES string of the molecule is CN(C)CCCOc1ccc(-c2nnc(CSCCOCc3ccccc3)o2)cc1. The lowest BCUT2D eigenvalue weighted by Crippen LogP contribution is -2.15. The molecule has 0 amide bonds. The third-order valence-electron chi connectivity index (χ3n) is 4.30. The zero-order chi connectivity index (χ0) is 21.0. The second-order valence-corrected chi connectivity index (χ2v) is 8.23. The number of hydrogen-bond donors (Lipinski definition) is 0. The number of ether oxygens (including phenoxy) is 2. The maximum Gasteiger partial charge on any atom is 0.247 e. The molecule has 1 aromatic heterocycles. The molecule has 0 aliphatic rings. The molecule has 3 aromatic rings. The number of thioether (sulfide) groups is 1. The lowest BCUT2D eigenvalue weighted by Gasteiger charge is -2.10. The zero-order valence-electron chi connectivity index (χ0n) is 17.6. The third-order valence-corrected chi connectivity index (χ3v) is 5.20. The molecule has 0 radical (unpaired) electrons. The maximum atomic E-state index is 5.78. The highest BCUT2D eigenvalue weighted by atomic mass is 32.2. The molecule has 0 spiro atoms. The van der Waals surface area contributed by atoms with Crippen molar-refractivity contribution in [1.82, 2.24) is 15.1 Å². The lowest BCUT2D eigenvalue weighted by molar-refractivity contribution is 0.136. The molecule has 6 nitrogen and oxygen atoms in total. The van der Waals surface area contributed by atoms with Crippen LogP contribution in [0.2, 0.25) is 0 Å². The molecule has 30 heavy (non-hydrogen) atoms. The number of rotatable bonds is 13. The molecule has 2 aromatic carbocycles. The van der Waals surface area contributed by atoms with E-state index in [-0.39, 0.29) is 0 Å². The van der Waals surface area contributed by atoms with Gasteiger partial charge in [-0.3, -0.25) is 0 Å². The Hall–Kier alpha value is -2.35. The molecule has 7 heteroatoms. The van der Waals surface area contributed by atoms with Crippen LogP contribution in [0.25, 0.3) is 11.5 Å². The Morgan fingerprint density at radius 1 is 0.967 bits per heavy atom. The molecule has 3 rings (SSSR count). The maximum absolute atomic E-state index is 5.78. The van der Waals surface area contributed by atoms with Gasteiger partial charge in [-0.25, -0.2) is 0 Å². The molecular formula is C23H29N3O3S. The Bertz CT molecular complexity index is 854. The van der Waals surface area contributed by atoms with E-state index in [4.69, 9.17) is 13.9 Å². The molecule has 0 fully saturated rings. The molecule has 0 N–H and O–H groups in total. The van der Waals surface area contributed by atoms with Gasteiger partial charge in [-0.1, -0.05) is 30.3 Å². The Morgan fingerprint density at radius 3 is 2.53 bits per heavy atom. The van der Waals surface area contributed by atoms with Gasteiger partial charge < -0.3 is 18.8 Å². The second-order valence-electron chi connectivity index (χ2n) is 7.12. The highest BCUT2D eigenvalue weighted by molar-refractivity contribution is 7.98. The van der Waals surface area contributed by atoms with Gasteiger partial charge in [-0.2, -0.15) is 0 Å². The van der Waals surface area contributed by atoms with Crippen molar-refractivity contribution in [3.05, 3.63) is 66.1 Å². The molecular weight excluding hydrogens is 398 g/mol. The van der Waals surface area contributed by atoms with Gasteiger partial charge in [0.1, 0.15) is 5.75 Å². The smallest absolute Gasteiger partial charge is 0.247 e. The lowest BCUT2D eigenvalue weighted by atomic mass is 10.2. The fourth-order valence-corrected chi connectivity index (χ4v) is 3.41. The van der Waals surface area contributed by atoms with Crippen molar-refractivity contribution in [3.8, 4) is 17.2 Å². The number of hydrogen-bond acceptors (Lipinski definition) is 7. The summed E-state index contributed by atoms with van der Waals surface area (Å²) < 4.78 is 17.2. The average Bonchev–Trinajstić information content (AvgIpc) is 3.24. The van der Waals surface area contributed by atoms with Gasteiger partial charge in [0.25, 0.3) is 0 Å². The van der Waals surface area contributed by atoms with Crippen LogP contribution in [-0.2, 0) is 17.1 Å². The predicted octanol–water partition coefficient (Wildman–Crippen LogP) is 4.52. The number of nitrogens with zero attached hydrogens (tertiary/aromatic N) is 3. The van der Waals surface area contributed by atoms with Gasteiger partial charge in [-0.15, -0.1) is 22.0 Å². The topological polar surface area (TPSA) is 60.6 Å². The van der Waals surface area contributed by atoms with E-state index in [9.17, 15) is 0 Å². The third kappa shape index (κ3) is 7.82. The van der Waals surface area contributed by atoms with Crippen LogP contribution in [0.5, 0.6) is 5.75 Å². The minimum absolute atomic E-state index is 0.532. The van der Waals surface area contributed by atoms with Crippen molar-refractivity contribution >= 4 is 11.8 Å². The minimum atomic E-state index is 0.532. The summed E-state index contributed by atoms with van der Waals surface area (Å²) in [5.74, 6) is 3.56. The van der Waals surface area contributed by atoms with Crippen LogP contribution in [0, 0.1) is 0 Å². The van der Waals surface area contributed by atoms with Crippen LogP contribution in [0.15, 0.2) is 59.0 Å². The van der Waals surface area contributed by atoms with Crippen LogP contribution < -0.4 is 4.74 Å². The largest absolute Gasteiger partial charge is 0.494 e. The van der Waals surface area contributed by atoms with Crippen molar-refractivity contribution in [2.45, 2.75) is 18.8 Å². The normalized spacial score (nSPS) is 11.2. The number of benzene rings is 2. The summed E-state index contributed by atoms with van der Waals surface area (Å²) in [5, 5.41) is 8.30. The van der Waals surface area contributed by atoms with Crippen molar-refractivity contribution in [2.75, 3.05) is 39.6 Å². The molecule has 0 aliphatic heterocycles. The predicted molar refractivity (Wildman–Crippen MR) is 121 cm³/mol. The van der Waals surface area contributed by atoms with Crippen molar-refractivity contribution in [2.24, 2.45) is 0 Å². The van der Waals surface area contributed by atoms with E-state index in [1.165, 1.54) is 5.56 Å². The summed E-state index contributed by atoms with van der Waals surface area (Å²) in [6.07, 6.45) is 0.997. The first-order valence-electron chi connectivity index (χ1n) is 10.1. The van der Waals surface area contributed by atoms with Gasteiger partial charge in [0.15, 0.2) is 0 Å². The Balaban J connectivity index is 1.35. The minimum Gasteiger partial charge on any atom is -0.494 e. The molecule has 0 saturated heterocycles. The molecule has 0 unspecified atom stereocenters. The van der Waals surface area contributed by atoms with Crippen LogP contribution in [0.4, 0.5) is 0 Å². The van der Waals surface area contributed by atoms with E-state index in [0.29, 0.717) is 37.4 Å². The van der Waals surface area contributed by atoms with Gasteiger partial charge in [-0.05, 0) is 50.3 Å². The molecule has 0 aliphatic carbocycles. The Kier molecular flexibility index (Phi) is 9.21. The molecule has 0 bridgehead atoms. The van der Waals surface area contributed by atoms with Crippen molar-refractivity contribution < 1.29 is 13.9 Å². The van der Waals surface area contributed by atoms with Crippen LogP contribution >= 0.6 is 11.8 Å². The highest BCUT2D eigenvalue weighted by Crippen LogP contribution is 2.22. The number of aromatic nitrogens is 2. The standard InChI is InChI=1S/C23H29N3O3S/c1-26(2)13-6-14-28-21-11-9-20(10-12-21)23-25-24-22(29-23)18-30-16-15-27-17-19-7-4-3-5-8-19/h3-5,7-12H,6,13-18H2,1-2H3. The van der Waals surface area contributed by atoms with Gasteiger partial charge in [0.05, 0.1) is 25.6 Å². The van der Waals surface area contributed by atoms with E-state index < -0.39 is 0 Å². The summed E-state index contributed by atoms with van der Waals surface area (Å²) in [6.45, 7) is 3.05. The Morgan fingerprint density at radius 2 is 1.77 bits per heavy atom. The van der Waals surface area contributed by atoms with E-state index in [0.717, 1.165) is 30.0 Å². The summed E-state index contributed by atoms with van der Waals surface area (Å²) in [6, 6.07) is 18.0. The fraction of sp³-hybridized carbons (Fsp3) is 0.391. The van der Waals surface area contributed by atoms with E-state index >= 15 is 0 Å². The summed E-state index contributed by atoms with van der Waals surface area (Å²) >= 11 is 1.72. The van der Waals surface area contributed by atoms with E-state index in [1.807, 2.05) is 42.5 Å². The first kappa shape index (κ1) is 22.3. The second kappa shape index (κ2) is 12.4. The highest BCUT2D eigenvalue weighted by Gasteiger charge is 2.09. The van der Waals surface area contributed by atoms with Crippen molar-refractivity contribution in [3.63, 3.8) is 0 Å². The molecule has 0 saturated carbocycles. The van der Waals surface area contributed by atoms with E-state index in [1.54, 1.807) is 11.8 Å². The quantitative estimate of drug-likeness (QED) is 0.372. The van der Waals surface area contributed by atoms with Crippen LogP contribution in [0.3, 0.4) is 0 Å². The molecule has 1 heterocycles.